The van der Waals surface area contributed by atoms with Gasteiger partial charge in [-0.05, 0) is 44.0 Å². The fourth-order valence-electron chi connectivity index (χ4n) is 2.82. The molecule has 8 heteroatoms. The van der Waals surface area contributed by atoms with Gasteiger partial charge in [0.25, 0.3) is 5.91 Å². The normalized spacial score (nSPS) is 19.7. The molecular weight excluding hydrogens is 361 g/mol. The number of ether oxygens (including phenoxy) is 2. The van der Waals surface area contributed by atoms with E-state index in [1.54, 1.807) is 19.1 Å². The number of nitrogens with zero attached hydrogens (tertiary/aromatic N) is 1. The molecule has 2 aromatic rings. The smallest absolute Gasteiger partial charge is 0.416 e. The van der Waals surface area contributed by atoms with Crippen molar-refractivity contribution >= 4 is 5.91 Å². The van der Waals surface area contributed by atoms with Gasteiger partial charge in [-0.25, -0.2) is 4.98 Å². The first kappa shape index (κ1) is 19.2. The van der Waals surface area contributed by atoms with Crippen molar-refractivity contribution in [3.63, 3.8) is 0 Å². The average Bonchev–Trinajstić information content (AvgIpc) is 3.08. The number of rotatable bonds is 5. The van der Waals surface area contributed by atoms with Gasteiger partial charge in [0.2, 0.25) is 5.88 Å². The van der Waals surface area contributed by atoms with Crippen LogP contribution in [-0.2, 0) is 22.3 Å². The summed E-state index contributed by atoms with van der Waals surface area (Å²) in [5.74, 6) is -0.0920. The van der Waals surface area contributed by atoms with Crippen LogP contribution in [0.1, 0.15) is 30.9 Å². The van der Waals surface area contributed by atoms with E-state index in [4.69, 9.17) is 9.47 Å². The summed E-state index contributed by atoms with van der Waals surface area (Å²) in [6, 6.07) is 7.90. The number of carbonyl (C=O) groups is 1. The second-order valence-corrected chi connectivity index (χ2v) is 6.46. The monoisotopic (exact) mass is 380 g/mol. The van der Waals surface area contributed by atoms with Crippen LogP contribution in [0.4, 0.5) is 13.2 Å². The summed E-state index contributed by atoms with van der Waals surface area (Å²) in [5.41, 5.74) is -1.12. The van der Waals surface area contributed by atoms with Crippen molar-refractivity contribution in [3.8, 4) is 11.6 Å². The number of nitrogens with one attached hydrogen (secondary N) is 1. The zero-order valence-corrected chi connectivity index (χ0v) is 14.7. The highest BCUT2D eigenvalue weighted by molar-refractivity contribution is 5.85. The van der Waals surface area contributed by atoms with Crippen LogP contribution in [0.15, 0.2) is 42.6 Å². The molecule has 0 saturated carbocycles. The molecule has 1 atom stereocenters. The lowest BCUT2D eigenvalue weighted by molar-refractivity contribution is -0.139. The number of benzene rings is 1. The van der Waals surface area contributed by atoms with E-state index in [-0.39, 0.29) is 24.1 Å². The van der Waals surface area contributed by atoms with Crippen LogP contribution in [0.25, 0.3) is 0 Å². The van der Waals surface area contributed by atoms with Gasteiger partial charge >= 0.3 is 6.18 Å². The first-order chi connectivity index (χ1) is 12.8. The molecule has 0 spiro atoms. The fourth-order valence-corrected chi connectivity index (χ4v) is 2.82. The van der Waals surface area contributed by atoms with Crippen LogP contribution >= 0.6 is 0 Å². The lowest BCUT2D eigenvalue weighted by Crippen LogP contribution is -2.43. The Morgan fingerprint density at radius 3 is 2.85 bits per heavy atom. The topological polar surface area (TPSA) is 60.5 Å². The van der Waals surface area contributed by atoms with E-state index in [0.29, 0.717) is 18.6 Å². The molecule has 1 N–H and O–H groups in total. The minimum absolute atomic E-state index is 0.0159. The Morgan fingerprint density at radius 2 is 2.15 bits per heavy atom. The van der Waals surface area contributed by atoms with Crippen molar-refractivity contribution in [2.75, 3.05) is 6.61 Å². The molecule has 1 saturated heterocycles. The van der Waals surface area contributed by atoms with Crippen molar-refractivity contribution in [1.29, 1.82) is 0 Å². The molecule has 1 aromatic carbocycles. The number of hydrogen-bond donors (Lipinski definition) is 1. The molecule has 144 valence electrons. The number of halogens is 3. The van der Waals surface area contributed by atoms with Crippen LogP contribution < -0.4 is 10.1 Å². The SMILES string of the molecule is C[C@@]1(C(=O)NCc2cccnc2Oc2cccc(C(F)(F)F)c2)CCCO1. The summed E-state index contributed by atoms with van der Waals surface area (Å²) in [6.07, 6.45) is -1.53. The van der Waals surface area contributed by atoms with Crippen molar-refractivity contribution in [1.82, 2.24) is 10.3 Å². The van der Waals surface area contributed by atoms with Crippen LogP contribution in [0, 0.1) is 0 Å². The fraction of sp³-hybridized carbons (Fsp3) is 0.368. The average molecular weight is 380 g/mol. The second-order valence-electron chi connectivity index (χ2n) is 6.46. The molecular formula is C19H19F3N2O3. The van der Waals surface area contributed by atoms with Gasteiger partial charge in [-0.3, -0.25) is 4.79 Å². The van der Waals surface area contributed by atoms with Crippen LogP contribution in [-0.4, -0.2) is 23.1 Å². The molecule has 2 heterocycles. The van der Waals surface area contributed by atoms with Gasteiger partial charge in [0, 0.05) is 24.9 Å². The molecule has 3 rings (SSSR count). The van der Waals surface area contributed by atoms with Gasteiger partial charge in [-0.1, -0.05) is 12.1 Å². The Hall–Kier alpha value is -2.61. The van der Waals surface area contributed by atoms with Crippen molar-refractivity contribution in [2.45, 2.75) is 38.1 Å². The Labute approximate surface area is 154 Å². The molecule has 5 nitrogen and oxygen atoms in total. The molecule has 1 aliphatic rings. The van der Waals surface area contributed by atoms with Gasteiger partial charge in [0.1, 0.15) is 11.4 Å². The summed E-state index contributed by atoms with van der Waals surface area (Å²) in [5, 5.41) is 2.78. The van der Waals surface area contributed by atoms with Crippen molar-refractivity contribution < 1.29 is 27.4 Å². The Kier molecular flexibility index (Phi) is 5.36. The quantitative estimate of drug-likeness (QED) is 0.849. The van der Waals surface area contributed by atoms with Crippen LogP contribution in [0.2, 0.25) is 0 Å². The highest BCUT2D eigenvalue weighted by atomic mass is 19.4. The van der Waals surface area contributed by atoms with E-state index in [1.807, 2.05) is 0 Å². The van der Waals surface area contributed by atoms with Crippen LogP contribution in [0.5, 0.6) is 11.6 Å². The predicted octanol–water partition coefficient (Wildman–Crippen LogP) is 4.08. The lowest BCUT2D eigenvalue weighted by Gasteiger charge is -2.22. The molecule has 0 radical (unpaired) electrons. The molecule has 0 unspecified atom stereocenters. The summed E-state index contributed by atoms with van der Waals surface area (Å²) in [4.78, 5) is 16.4. The first-order valence-electron chi connectivity index (χ1n) is 8.49. The minimum atomic E-state index is -4.46. The number of carbonyl (C=O) groups excluding carboxylic acids is 1. The van der Waals surface area contributed by atoms with Crippen molar-refractivity contribution in [3.05, 3.63) is 53.7 Å². The van der Waals surface area contributed by atoms with E-state index in [1.165, 1.54) is 18.3 Å². The first-order valence-corrected chi connectivity index (χ1v) is 8.49. The lowest BCUT2D eigenvalue weighted by atomic mass is 10.0. The molecule has 1 aliphatic heterocycles. The highest BCUT2D eigenvalue weighted by Crippen LogP contribution is 2.33. The van der Waals surface area contributed by atoms with Crippen LogP contribution in [0.3, 0.4) is 0 Å². The standard InChI is InChI=1S/C19H19F3N2O3/c1-18(8-4-10-26-18)17(25)24-12-13-5-3-9-23-16(13)27-15-7-2-6-14(11-15)19(20,21)22/h2-3,5-7,9,11H,4,8,10,12H2,1H3,(H,24,25)/t18-/m0/s1. The Balaban J connectivity index is 1.72. The number of amides is 1. The number of hydrogen-bond acceptors (Lipinski definition) is 4. The van der Waals surface area contributed by atoms with Crippen molar-refractivity contribution in [2.24, 2.45) is 0 Å². The second kappa shape index (κ2) is 7.56. The molecule has 27 heavy (non-hydrogen) atoms. The van der Waals surface area contributed by atoms with E-state index >= 15 is 0 Å². The summed E-state index contributed by atoms with van der Waals surface area (Å²) >= 11 is 0. The molecule has 1 amide bonds. The minimum Gasteiger partial charge on any atom is -0.439 e. The Bertz CT molecular complexity index is 818. The third-order valence-electron chi connectivity index (χ3n) is 4.36. The maximum absolute atomic E-state index is 12.8. The van der Waals surface area contributed by atoms with E-state index < -0.39 is 17.3 Å². The van der Waals surface area contributed by atoms with Gasteiger partial charge in [0.15, 0.2) is 0 Å². The zero-order valence-electron chi connectivity index (χ0n) is 14.7. The molecule has 1 fully saturated rings. The predicted molar refractivity (Wildman–Crippen MR) is 91.2 cm³/mol. The van der Waals surface area contributed by atoms with Gasteiger partial charge in [-0.15, -0.1) is 0 Å². The number of alkyl halides is 3. The molecule has 1 aromatic heterocycles. The molecule has 0 bridgehead atoms. The van der Waals surface area contributed by atoms with E-state index in [2.05, 4.69) is 10.3 Å². The number of pyridine rings is 1. The largest absolute Gasteiger partial charge is 0.439 e. The third kappa shape index (κ3) is 4.57. The Morgan fingerprint density at radius 1 is 1.33 bits per heavy atom. The van der Waals surface area contributed by atoms with Gasteiger partial charge in [0.05, 0.1) is 5.56 Å². The van der Waals surface area contributed by atoms with E-state index in [0.717, 1.165) is 18.6 Å². The summed E-state index contributed by atoms with van der Waals surface area (Å²) in [7, 11) is 0. The zero-order chi connectivity index (χ0) is 19.5. The van der Waals surface area contributed by atoms with Gasteiger partial charge in [-0.2, -0.15) is 13.2 Å². The maximum Gasteiger partial charge on any atom is 0.416 e. The number of aromatic nitrogens is 1. The third-order valence-corrected chi connectivity index (χ3v) is 4.36. The van der Waals surface area contributed by atoms with Gasteiger partial charge < -0.3 is 14.8 Å². The summed E-state index contributed by atoms with van der Waals surface area (Å²) < 4.78 is 49.6. The highest BCUT2D eigenvalue weighted by Gasteiger charge is 2.37. The maximum atomic E-state index is 12.8. The molecule has 0 aliphatic carbocycles. The van der Waals surface area contributed by atoms with E-state index in [9.17, 15) is 18.0 Å². The summed E-state index contributed by atoms with van der Waals surface area (Å²) in [6.45, 7) is 2.40.